The van der Waals surface area contributed by atoms with E-state index in [2.05, 4.69) is 0 Å². The van der Waals surface area contributed by atoms with Crippen LogP contribution in [0, 0.1) is 5.92 Å². The summed E-state index contributed by atoms with van der Waals surface area (Å²) in [6, 6.07) is 0. The predicted molar refractivity (Wildman–Crippen MR) is 47.3 cm³/mol. The molecule has 1 atom stereocenters. The molecule has 0 heterocycles. The molecular weight excluding hydrogens is 179 g/mol. The zero-order chi connectivity index (χ0) is 10.3. The minimum absolute atomic E-state index is 0.157. The molecule has 0 bridgehead atoms. The molecule has 0 aliphatic carbocycles. The molecule has 0 amide bonds. The van der Waals surface area contributed by atoms with E-state index >= 15 is 0 Å². The lowest BCUT2D eigenvalue weighted by atomic mass is 10.0. The maximum Gasteiger partial charge on any atom is 0.395 e. The molecule has 0 rings (SSSR count). The van der Waals surface area contributed by atoms with Gasteiger partial charge in [-0.15, -0.1) is 0 Å². The SMILES string of the molecule is CCCC(/C=C\CCN)C(F)(F)F. The molecule has 0 aromatic rings. The zero-order valence-electron chi connectivity index (χ0n) is 7.77. The summed E-state index contributed by atoms with van der Waals surface area (Å²) >= 11 is 0. The average Bonchev–Trinajstić information content (AvgIpc) is 2.01. The summed E-state index contributed by atoms with van der Waals surface area (Å²) in [5.41, 5.74) is 5.17. The third kappa shape index (κ3) is 5.69. The number of halogens is 3. The van der Waals surface area contributed by atoms with E-state index < -0.39 is 12.1 Å². The van der Waals surface area contributed by atoms with Gasteiger partial charge < -0.3 is 5.73 Å². The van der Waals surface area contributed by atoms with Gasteiger partial charge in [-0.1, -0.05) is 25.5 Å². The summed E-state index contributed by atoms with van der Waals surface area (Å²) in [5, 5.41) is 0. The predicted octanol–water partition coefficient (Wildman–Crippen LogP) is 2.87. The highest BCUT2D eigenvalue weighted by molar-refractivity contribution is 4.92. The Hall–Kier alpha value is -0.510. The zero-order valence-corrected chi connectivity index (χ0v) is 7.77. The standard InChI is InChI=1S/C9H16F3N/c1-2-5-8(9(10,11)12)6-3-4-7-13/h3,6,8H,2,4-5,7,13H2,1H3/b6-3-. The summed E-state index contributed by atoms with van der Waals surface area (Å²) in [6.45, 7) is 2.14. The van der Waals surface area contributed by atoms with Crippen molar-refractivity contribution in [2.75, 3.05) is 6.54 Å². The Morgan fingerprint density at radius 2 is 2.00 bits per heavy atom. The molecule has 78 valence electrons. The van der Waals surface area contributed by atoms with E-state index in [9.17, 15) is 13.2 Å². The Labute approximate surface area is 76.8 Å². The van der Waals surface area contributed by atoms with Gasteiger partial charge in [0, 0.05) is 0 Å². The topological polar surface area (TPSA) is 26.0 Å². The Morgan fingerprint density at radius 3 is 2.38 bits per heavy atom. The second-order valence-corrected chi connectivity index (χ2v) is 2.94. The molecule has 0 aliphatic heterocycles. The van der Waals surface area contributed by atoms with Crippen LogP contribution in [0.15, 0.2) is 12.2 Å². The van der Waals surface area contributed by atoms with E-state index in [1.807, 2.05) is 0 Å². The molecule has 0 saturated carbocycles. The fourth-order valence-corrected chi connectivity index (χ4v) is 1.04. The Bertz CT molecular complexity index is 151. The molecule has 1 unspecified atom stereocenters. The first-order valence-corrected chi connectivity index (χ1v) is 4.45. The van der Waals surface area contributed by atoms with E-state index in [-0.39, 0.29) is 6.42 Å². The molecule has 0 spiro atoms. The molecule has 0 aliphatic rings. The number of hydrogen-bond acceptors (Lipinski definition) is 1. The fourth-order valence-electron chi connectivity index (χ4n) is 1.04. The second kappa shape index (κ2) is 6.02. The van der Waals surface area contributed by atoms with Gasteiger partial charge in [0.05, 0.1) is 5.92 Å². The van der Waals surface area contributed by atoms with Gasteiger partial charge >= 0.3 is 6.18 Å². The number of nitrogens with two attached hydrogens (primary N) is 1. The van der Waals surface area contributed by atoms with Gasteiger partial charge in [0.1, 0.15) is 0 Å². The molecule has 0 saturated heterocycles. The van der Waals surface area contributed by atoms with E-state index in [0.29, 0.717) is 19.4 Å². The van der Waals surface area contributed by atoms with Gasteiger partial charge in [0.2, 0.25) is 0 Å². The number of allylic oxidation sites excluding steroid dienone is 1. The van der Waals surface area contributed by atoms with Crippen LogP contribution in [-0.4, -0.2) is 12.7 Å². The normalized spacial score (nSPS) is 15.2. The van der Waals surface area contributed by atoms with E-state index in [1.54, 1.807) is 6.92 Å². The molecule has 0 aromatic carbocycles. The molecule has 0 fully saturated rings. The molecule has 4 heteroatoms. The summed E-state index contributed by atoms with van der Waals surface area (Å²) in [6.07, 6.45) is -0.177. The summed E-state index contributed by atoms with van der Waals surface area (Å²) in [7, 11) is 0. The quantitative estimate of drug-likeness (QED) is 0.671. The van der Waals surface area contributed by atoms with Crippen LogP contribution in [0.2, 0.25) is 0 Å². The molecule has 2 N–H and O–H groups in total. The summed E-state index contributed by atoms with van der Waals surface area (Å²) in [5.74, 6) is -1.30. The van der Waals surface area contributed by atoms with E-state index in [4.69, 9.17) is 5.73 Å². The van der Waals surface area contributed by atoms with Crippen molar-refractivity contribution in [2.24, 2.45) is 11.7 Å². The summed E-state index contributed by atoms with van der Waals surface area (Å²) < 4.78 is 36.8. The van der Waals surface area contributed by atoms with Crippen LogP contribution < -0.4 is 5.73 Å². The number of rotatable bonds is 5. The Morgan fingerprint density at radius 1 is 1.38 bits per heavy atom. The van der Waals surface area contributed by atoms with E-state index in [0.717, 1.165) is 0 Å². The fraction of sp³-hybridized carbons (Fsp3) is 0.778. The van der Waals surface area contributed by atoms with Crippen molar-refractivity contribution < 1.29 is 13.2 Å². The van der Waals surface area contributed by atoms with E-state index in [1.165, 1.54) is 12.2 Å². The molecule has 13 heavy (non-hydrogen) atoms. The van der Waals surface area contributed by atoms with Crippen LogP contribution in [0.25, 0.3) is 0 Å². The monoisotopic (exact) mass is 195 g/mol. The van der Waals surface area contributed by atoms with Crippen LogP contribution in [0.3, 0.4) is 0 Å². The van der Waals surface area contributed by atoms with Crippen LogP contribution >= 0.6 is 0 Å². The minimum atomic E-state index is -4.11. The van der Waals surface area contributed by atoms with Gasteiger partial charge in [-0.25, -0.2) is 0 Å². The third-order valence-corrected chi connectivity index (χ3v) is 1.72. The minimum Gasteiger partial charge on any atom is -0.330 e. The van der Waals surface area contributed by atoms with Gasteiger partial charge in [-0.3, -0.25) is 0 Å². The van der Waals surface area contributed by atoms with Crippen molar-refractivity contribution in [3.05, 3.63) is 12.2 Å². The van der Waals surface area contributed by atoms with Crippen LogP contribution in [0.5, 0.6) is 0 Å². The van der Waals surface area contributed by atoms with Gasteiger partial charge in [0.15, 0.2) is 0 Å². The molecule has 0 aromatic heterocycles. The van der Waals surface area contributed by atoms with Gasteiger partial charge in [-0.2, -0.15) is 13.2 Å². The highest BCUT2D eigenvalue weighted by Gasteiger charge is 2.36. The van der Waals surface area contributed by atoms with Crippen molar-refractivity contribution in [3.63, 3.8) is 0 Å². The molecular formula is C9H16F3N. The lowest BCUT2D eigenvalue weighted by molar-refractivity contribution is -0.162. The highest BCUT2D eigenvalue weighted by atomic mass is 19.4. The van der Waals surface area contributed by atoms with Crippen molar-refractivity contribution in [3.8, 4) is 0 Å². The maximum atomic E-state index is 12.3. The summed E-state index contributed by atoms with van der Waals surface area (Å²) in [4.78, 5) is 0. The Kier molecular flexibility index (Phi) is 5.79. The third-order valence-electron chi connectivity index (χ3n) is 1.72. The first-order valence-electron chi connectivity index (χ1n) is 4.45. The average molecular weight is 195 g/mol. The van der Waals surface area contributed by atoms with Gasteiger partial charge in [-0.05, 0) is 19.4 Å². The van der Waals surface area contributed by atoms with Crippen LogP contribution in [-0.2, 0) is 0 Å². The number of hydrogen-bond donors (Lipinski definition) is 1. The van der Waals surface area contributed by atoms with Crippen molar-refractivity contribution in [1.82, 2.24) is 0 Å². The number of alkyl halides is 3. The Balaban J connectivity index is 4.09. The van der Waals surface area contributed by atoms with Crippen molar-refractivity contribution in [2.45, 2.75) is 32.4 Å². The highest BCUT2D eigenvalue weighted by Crippen LogP contribution is 2.30. The first kappa shape index (κ1) is 12.5. The van der Waals surface area contributed by atoms with Crippen LogP contribution in [0.1, 0.15) is 26.2 Å². The first-order chi connectivity index (χ1) is 6.02. The maximum absolute atomic E-state index is 12.3. The largest absolute Gasteiger partial charge is 0.395 e. The second-order valence-electron chi connectivity index (χ2n) is 2.94. The smallest absolute Gasteiger partial charge is 0.330 e. The van der Waals surface area contributed by atoms with Crippen LogP contribution in [0.4, 0.5) is 13.2 Å². The molecule has 1 nitrogen and oxygen atoms in total. The van der Waals surface area contributed by atoms with Crippen molar-refractivity contribution in [1.29, 1.82) is 0 Å². The van der Waals surface area contributed by atoms with Crippen molar-refractivity contribution >= 4 is 0 Å². The lowest BCUT2D eigenvalue weighted by Gasteiger charge is -2.15. The lowest BCUT2D eigenvalue weighted by Crippen LogP contribution is -2.20. The molecule has 0 radical (unpaired) electrons. The van der Waals surface area contributed by atoms with Gasteiger partial charge in [0.25, 0.3) is 0 Å².